The van der Waals surface area contributed by atoms with Gasteiger partial charge in [-0.1, -0.05) is 13.0 Å². The van der Waals surface area contributed by atoms with Gasteiger partial charge in [0.1, 0.15) is 5.75 Å². The quantitative estimate of drug-likeness (QED) is 0.808. The van der Waals surface area contributed by atoms with E-state index in [0.29, 0.717) is 6.61 Å². The van der Waals surface area contributed by atoms with Crippen molar-refractivity contribution in [2.24, 2.45) is 0 Å². The van der Waals surface area contributed by atoms with E-state index in [2.05, 4.69) is 38.2 Å². The Kier molecular flexibility index (Phi) is 6.16. The summed E-state index contributed by atoms with van der Waals surface area (Å²) in [4.78, 5) is 0. The Bertz CT molecular complexity index is 377. The van der Waals surface area contributed by atoms with Gasteiger partial charge in [-0.2, -0.15) is 0 Å². The van der Waals surface area contributed by atoms with Crippen molar-refractivity contribution in [3.05, 3.63) is 28.8 Å². The van der Waals surface area contributed by atoms with E-state index in [1.165, 1.54) is 16.7 Å². The van der Waals surface area contributed by atoms with Crippen LogP contribution in [-0.2, 0) is 4.74 Å². The van der Waals surface area contributed by atoms with Gasteiger partial charge in [-0.25, -0.2) is 0 Å². The topological polar surface area (TPSA) is 30.5 Å². The molecule has 1 aromatic rings. The van der Waals surface area contributed by atoms with E-state index in [1.54, 1.807) is 7.11 Å². The molecule has 0 bridgehead atoms. The maximum absolute atomic E-state index is 5.57. The Morgan fingerprint density at radius 3 is 2.50 bits per heavy atom. The highest BCUT2D eigenvalue weighted by atomic mass is 16.5. The fourth-order valence-corrected chi connectivity index (χ4v) is 2.28. The summed E-state index contributed by atoms with van der Waals surface area (Å²) in [7, 11) is 1.72. The maximum Gasteiger partial charge on any atom is 0.124 e. The van der Waals surface area contributed by atoms with Gasteiger partial charge >= 0.3 is 0 Å². The summed E-state index contributed by atoms with van der Waals surface area (Å²) in [5, 5.41) is 3.46. The maximum atomic E-state index is 5.57. The summed E-state index contributed by atoms with van der Waals surface area (Å²) in [6.45, 7) is 10.6. The van der Waals surface area contributed by atoms with Crippen molar-refractivity contribution >= 4 is 0 Å². The molecule has 0 aliphatic heterocycles. The van der Waals surface area contributed by atoms with Crippen molar-refractivity contribution < 1.29 is 9.47 Å². The minimum Gasteiger partial charge on any atom is -0.496 e. The van der Waals surface area contributed by atoms with Crippen LogP contribution in [0.2, 0.25) is 0 Å². The second kappa shape index (κ2) is 7.39. The number of rotatable bonds is 7. The molecular weight excluding hydrogens is 226 g/mol. The third kappa shape index (κ3) is 3.72. The molecule has 1 atom stereocenters. The average molecular weight is 251 g/mol. The standard InChI is InChI=1S/C15H25NO2/c1-6-16-13(10-18-7-2)15-12(4)8-11(3)9-14(15)17-5/h8-9,13,16H,6-7,10H2,1-5H3. The molecule has 0 radical (unpaired) electrons. The number of hydrogen-bond donors (Lipinski definition) is 1. The van der Waals surface area contributed by atoms with Crippen molar-refractivity contribution in [1.82, 2.24) is 5.32 Å². The summed E-state index contributed by atoms with van der Waals surface area (Å²) in [6.07, 6.45) is 0. The number of nitrogens with one attached hydrogen (secondary N) is 1. The molecule has 0 saturated heterocycles. The van der Waals surface area contributed by atoms with Crippen LogP contribution in [0.1, 0.15) is 36.6 Å². The van der Waals surface area contributed by atoms with Crippen LogP contribution in [0.3, 0.4) is 0 Å². The molecule has 0 aromatic heterocycles. The van der Waals surface area contributed by atoms with Crippen molar-refractivity contribution in [2.45, 2.75) is 33.7 Å². The largest absolute Gasteiger partial charge is 0.496 e. The minimum atomic E-state index is 0.186. The van der Waals surface area contributed by atoms with E-state index in [1.807, 2.05) is 6.92 Å². The third-order valence-corrected chi connectivity index (χ3v) is 3.00. The van der Waals surface area contributed by atoms with Crippen LogP contribution in [0.15, 0.2) is 12.1 Å². The first-order valence-electron chi connectivity index (χ1n) is 6.60. The minimum absolute atomic E-state index is 0.186. The molecule has 18 heavy (non-hydrogen) atoms. The Labute approximate surface area is 110 Å². The van der Waals surface area contributed by atoms with Crippen LogP contribution < -0.4 is 10.1 Å². The molecule has 1 aromatic carbocycles. The molecule has 1 unspecified atom stereocenters. The lowest BCUT2D eigenvalue weighted by Crippen LogP contribution is -2.26. The summed E-state index contributed by atoms with van der Waals surface area (Å²) in [5.41, 5.74) is 3.68. The lowest BCUT2D eigenvalue weighted by atomic mass is 9.98. The first kappa shape index (κ1) is 15.0. The normalized spacial score (nSPS) is 12.5. The fraction of sp³-hybridized carbons (Fsp3) is 0.600. The second-order valence-corrected chi connectivity index (χ2v) is 4.47. The number of ether oxygens (including phenoxy) is 2. The van der Waals surface area contributed by atoms with Crippen LogP contribution in [0, 0.1) is 13.8 Å². The molecule has 102 valence electrons. The number of methoxy groups -OCH3 is 1. The summed E-state index contributed by atoms with van der Waals surface area (Å²) < 4.78 is 11.1. The molecule has 3 heteroatoms. The number of hydrogen-bond acceptors (Lipinski definition) is 3. The van der Waals surface area contributed by atoms with E-state index >= 15 is 0 Å². The third-order valence-electron chi connectivity index (χ3n) is 3.00. The molecule has 0 heterocycles. The number of aryl methyl sites for hydroxylation is 2. The summed E-state index contributed by atoms with van der Waals surface area (Å²) >= 11 is 0. The highest BCUT2D eigenvalue weighted by Crippen LogP contribution is 2.30. The van der Waals surface area contributed by atoms with Gasteiger partial charge < -0.3 is 14.8 Å². The van der Waals surface area contributed by atoms with Gasteiger partial charge in [-0.3, -0.25) is 0 Å². The molecular formula is C15H25NO2. The molecule has 0 fully saturated rings. The van der Waals surface area contributed by atoms with E-state index < -0.39 is 0 Å². The van der Waals surface area contributed by atoms with Crippen molar-refractivity contribution in [1.29, 1.82) is 0 Å². The predicted molar refractivity (Wildman–Crippen MR) is 75.4 cm³/mol. The van der Waals surface area contributed by atoms with Crippen LogP contribution in [0.5, 0.6) is 5.75 Å². The van der Waals surface area contributed by atoms with E-state index in [0.717, 1.165) is 18.9 Å². The highest BCUT2D eigenvalue weighted by Gasteiger charge is 2.18. The van der Waals surface area contributed by atoms with Crippen molar-refractivity contribution in [3.8, 4) is 5.75 Å². The Morgan fingerprint density at radius 2 is 1.94 bits per heavy atom. The zero-order chi connectivity index (χ0) is 13.5. The highest BCUT2D eigenvalue weighted by molar-refractivity contribution is 5.45. The van der Waals surface area contributed by atoms with Gasteiger partial charge in [0.25, 0.3) is 0 Å². The van der Waals surface area contributed by atoms with E-state index in [9.17, 15) is 0 Å². The molecule has 0 saturated carbocycles. The molecule has 0 aliphatic carbocycles. The van der Waals surface area contributed by atoms with Crippen molar-refractivity contribution in [3.63, 3.8) is 0 Å². The zero-order valence-corrected chi connectivity index (χ0v) is 12.2. The first-order chi connectivity index (χ1) is 8.63. The van der Waals surface area contributed by atoms with Crippen LogP contribution in [0.4, 0.5) is 0 Å². The fourth-order valence-electron chi connectivity index (χ4n) is 2.28. The van der Waals surface area contributed by atoms with E-state index in [-0.39, 0.29) is 6.04 Å². The molecule has 3 nitrogen and oxygen atoms in total. The first-order valence-corrected chi connectivity index (χ1v) is 6.60. The summed E-state index contributed by atoms with van der Waals surface area (Å²) in [6, 6.07) is 4.46. The molecule has 1 N–H and O–H groups in total. The molecule has 0 amide bonds. The molecule has 0 spiro atoms. The van der Waals surface area contributed by atoms with Gasteiger partial charge in [0.05, 0.1) is 19.8 Å². The lowest BCUT2D eigenvalue weighted by molar-refractivity contribution is 0.122. The van der Waals surface area contributed by atoms with Gasteiger partial charge in [0.2, 0.25) is 0 Å². The van der Waals surface area contributed by atoms with Gasteiger partial charge in [0.15, 0.2) is 0 Å². The summed E-state index contributed by atoms with van der Waals surface area (Å²) in [5.74, 6) is 0.943. The monoisotopic (exact) mass is 251 g/mol. The smallest absolute Gasteiger partial charge is 0.124 e. The van der Waals surface area contributed by atoms with Crippen LogP contribution in [0.25, 0.3) is 0 Å². The van der Waals surface area contributed by atoms with Crippen LogP contribution >= 0.6 is 0 Å². The molecule has 1 rings (SSSR count). The molecule has 0 aliphatic rings. The number of likely N-dealkylation sites (N-methyl/N-ethyl adjacent to an activating group) is 1. The Balaban J connectivity index is 3.08. The van der Waals surface area contributed by atoms with Crippen molar-refractivity contribution in [2.75, 3.05) is 26.9 Å². The average Bonchev–Trinajstić information content (AvgIpc) is 2.34. The van der Waals surface area contributed by atoms with Gasteiger partial charge in [0, 0.05) is 12.2 Å². The van der Waals surface area contributed by atoms with Crippen LogP contribution in [-0.4, -0.2) is 26.9 Å². The predicted octanol–water partition coefficient (Wildman–Crippen LogP) is 3.00. The SMILES string of the molecule is CCNC(COCC)c1c(C)cc(C)cc1OC. The Hall–Kier alpha value is -1.06. The Morgan fingerprint density at radius 1 is 1.22 bits per heavy atom. The second-order valence-electron chi connectivity index (χ2n) is 4.47. The lowest BCUT2D eigenvalue weighted by Gasteiger charge is -2.23. The van der Waals surface area contributed by atoms with Gasteiger partial charge in [-0.15, -0.1) is 0 Å². The number of benzene rings is 1. The van der Waals surface area contributed by atoms with E-state index in [4.69, 9.17) is 9.47 Å². The van der Waals surface area contributed by atoms with Gasteiger partial charge in [-0.05, 0) is 44.5 Å². The zero-order valence-electron chi connectivity index (χ0n) is 12.2.